The van der Waals surface area contributed by atoms with Gasteiger partial charge in [0.25, 0.3) is 0 Å². The van der Waals surface area contributed by atoms with Crippen molar-refractivity contribution >= 4 is 5.97 Å². The third kappa shape index (κ3) is 3.58. The van der Waals surface area contributed by atoms with Gasteiger partial charge in [-0.05, 0) is 27.7 Å². The minimum atomic E-state index is -0.517. The molecule has 16 heavy (non-hydrogen) atoms. The summed E-state index contributed by atoms with van der Waals surface area (Å²) < 4.78 is 5.17. The lowest BCUT2D eigenvalue weighted by molar-refractivity contribution is 0.00685. The fourth-order valence-electron chi connectivity index (χ4n) is 1.02. The van der Waals surface area contributed by atoms with E-state index in [1.807, 2.05) is 20.8 Å². The van der Waals surface area contributed by atoms with Crippen molar-refractivity contribution in [3.8, 4) is 0 Å². The second kappa shape index (κ2) is 4.57. The largest absolute Gasteiger partial charge is 0.456 e. The van der Waals surface area contributed by atoms with Crippen molar-refractivity contribution < 1.29 is 9.53 Å². The van der Waals surface area contributed by atoms with E-state index in [-0.39, 0.29) is 6.04 Å². The number of rotatable bonds is 2. The van der Waals surface area contributed by atoms with Crippen LogP contribution in [0.25, 0.3) is 0 Å². The molecular formula is C11H17N3O2. The fourth-order valence-corrected chi connectivity index (χ4v) is 1.02. The topological polar surface area (TPSA) is 78.1 Å². The normalized spacial score (nSPS) is 13.3. The number of esters is 1. The van der Waals surface area contributed by atoms with E-state index in [4.69, 9.17) is 10.5 Å². The molecule has 0 spiro atoms. The number of aromatic nitrogens is 2. The van der Waals surface area contributed by atoms with Gasteiger partial charge in [-0.1, -0.05) is 0 Å². The summed E-state index contributed by atoms with van der Waals surface area (Å²) >= 11 is 0. The summed E-state index contributed by atoms with van der Waals surface area (Å²) in [5, 5.41) is 0. The number of nitrogens with zero attached hydrogens (tertiary/aromatic N) is 2. The number of nitrogens with two attached hydrogens (primary N) is 1. The van der Waals surface area contributed by atoms with Crippen molar-refractivity contribution in [2.45, 2.75) is 39.3 Å². The molecule has 0 unspecified atom stereocenters. The van der Waals surface area contributed by atoms with Gasteiger partial charge in [0, 0.05) is 12.4 Å². The van der Waals surface area contributed by atoms with Gasteiger partial charge in [0.15, 0.2) is 0 Å². The molecule has 88 valence electrons. The van der Waals surface area contributed by atoms with E-state index in [9.17, 15) is 4.79 Å². The quantitative estimate of drug-likeness (QED) is 0.768. The molecule has 0 aliphatic rings. The Labute approximate surface area is 95.0 Å². The molecule has 0 aliphatic heterocycles. The molecule has 2 N–H and O–H groups in total. The highest BCUT2D eigenvalue weighted by Crippen LogP contribution is 2.11. The van der Waals surface area contributed by atoms with E-state index in [1.54, 1.807) is 6.92 Å². The molecule has 1 aromatic heterocycles. The van der Waals surface area contributed by atoms with Crippen LogP contribution in [0.3, 0.4) is 0 Å². The molecule has 1 aromatic rings. The molecule has 0 fully saturated rings. The summed E-state index contributed by atoms with van der Waals surface area (Å²) in [6.45, 7) is 7.20. The van der Waals surface area contributed by atoms with Gasteiger partial charge in [0.2, 0.25) is 0 Å². The van der Waals surface area contributed by atoms with Crippen LogP contribution >= 0.6 is 0 Å². The number of hydrogen-bond donors (Lipinski definition) is 1. The molecule has 1 atom stereocenters. The van der Waals surface area contributed by atoms with E-state index in [0.29, 0.717) is 11.4 Å². The highest BCUT2D eigenvalue weighted by molar-refractivity contribution is 5.88. The Kier molecular flexibility index (Phi) is 3.59. The molecule has 0 aliphatic carbocycles. The second-order valence-electron chi connectivity index (χ2n) is 4.62. The molecule has 0 radical (unpaired) electrons. The molecule has 0 aromatic carbocycles. The Bertz CT molecular complexity index is 366. The van der Waals surface area contributed by atoms with Gasteiger partial charge in [-0.3, -0.25) is 0 Å². The first-order valence-electron chi connectivity index (χ1n) is 5.10. The summed E-state index contributed by atoms with van der Waals surface area (Å²) in [6, 6.07) is -0.243. The molecule has 5 nitrogen and oxygen atoms in total. The van der Waals surface area contributed by atoms with Crippen LogP contribution in [0, 0.1) is 0 Å². The average molecular weight is 223 g/mol. The van der Waals surface area contributed by atoms with Crippen LogP contribution in [-0.2, 0) is 4.74 Å². The minimum absolute atomic E-state index is 0.243. The predicted octanol–water partition coefficient (Wildman–Crippen LogP) is 1.45. The van der Waals surface area contributed by atoms with E-state index in [0.717, 1.165) is 0 Å². The van der Waals surface area contributed by atoms with E-state index >= 15 is 0 Å². The van der Waals surface area contributed by atoms with Crippen LogP contribution in [0.2, 0.25) is 0 Å². The van der Waals surface area contributed by atoms with Gasteiger partial charge in [0.05, 0.1) is 11.6 Å². The molecule has 1 rings (SSSR count). The minimum Gasteiger partial charge on any atom is -0.456 e. The lowest BCUT2D eigenvalue weighted by Crippen LogP contribution is -2.24. The number of hydrogen-bond acceptors (Lipinski definition) is 5. The molecular weight excluding hydrogens is 206 g/mol. The lowest BCUT2D eigenvalue weighted by atomic mass is 10.2. The Balaban J connectivity index is 2.78. The standard InChI is InChI=1S/C11H17N3O2/c1-7(12)9-13-5-8(6-14-9)10(15)16-11(2,3)4/h5-7H,12H2,1-4H3/t7-/m1/s1. The zero-order valence-corrected chi connectivity index (χ0v) is 10.0. The predicted molar refractivity (Wildman–Crippen MR) is 59.8 cm³/mol. The van der Waals surface area contributed by atoms with Crippen LogP contribution in [0.1, 0.15) is 49.9 Å². The Hall–Kier alpha value is -1.49. The highest BCUT2D eigenvalue weighted by atomic mass is 16.6. The zero-order chi connectivity index (χ0) is 12.3. The van der Waals surface area contributed by atoms with Crippen molar-refractivity contribution in [1.82, 2.24) is 9.97 Å². The van der Waals surface area contributed by atoms with E-state index < -0.39 is 11.6 Å². The Morgan fingerprint density at radius 2 is 1.88 bits per heavy atom. The van der Waals surface area contributed by atoms with Crippen molar-refractivity contribution in [1.29, 1.82) is 0 Å². The molecule has 0 amide bonds. The third-order valence-corrected chi connectivity index (χ3v) is 1.71. The number of ether oxygens (including phenoxy) is 1. The van der Waals surface area contributed by atoms with E-state index in [2.05, 4.69) is 9.97 Å². The van der Waals surface area contributed by atoms with Crippen LogP contribution in [-0.4, -0.2) is 21.5 Å². The first-order chi connectivity index (χ1) is 7.29. The summed E-state index contributed by atoms with van der Waals surface area (Å²) in [5.41, 5.74) is 5.42. The zero-order valence-electron chi connectivity index (χ0n) is 10.0. The maximum Gasteiger partial charge on any atom is 0.341 e. The number of carbonyl (C=O) groups excluding carboxylic acids is 1. The molecule has 1 heterocycles. The summed E-state index contributed by atoms with van der Waals surface area (Å²) in [6.07, 6.45) is 2.86. The fraction of sp³-hybridized carbons (Fsp3) is 0.545. The van der Waals surface area contributed by atoms with Crippen molar-refractivity contribution in [2.75, 3.05) is 0 Å². The highest BCUT2D eigenvalue weighted by Gasteiger charge is 2.18. The van der Waals surface area contributed by atoms with Gasteiger partial charge in [-0.25, -0.2) is 14.8 Å². The van der Waals surface area contributed by atoms with Crippen LogP contribution in [0.5, 0.6) is 0 Å². The molecule has 5 heteroatoms. The first kappa shape index (κ1) is 12.6. The lowest BCUT2D eigenvalue weighted by Gasteiger charge is -2.19. The Morgan fingerprint density at radius 1 is 1.38 bits per heavy atom. The first-order valence-corrected chi connectivity index (χ1v) is 5.10. The van der Waals surface area contributed by atoms with Crippen molar-refractivity contribution in [3.05, 3.63) is 23.8 Å². The monoisotopic (exact) mass is 223 g/mol. The average Bonchev–Trinajstić information content (AvgIpc) is 2.15. The van der Waals surface area contributed by atoms with Crippen LogP contribution in [0.15, 0.2) is 12.4 Å². The Morgan fingerprint density at radius 3 is 2.25 bits per heavy atom. The van der Waals surface area contributed by atoms with Gasteiger partial charge >= 0.3 is 5.97 Å². The summed E-state index contributed by atoms with van der Waals surface area (Å²) in [7, 11) is 0. The van der Waals surface area contributed by atoms with E-state index in [1.165, 1.54) is 12.4 Å². The van der Waals surface area contributed by atoms with Gasteiger partial charge < -0.3 is 10.5 Å². The maximum absolute atomic E-state index is 11.6. The van der Waals surface area contributed by atoms with Gasteiger partial charge in [-0.2, -0.15) is 0 Å². The summed E-state index contributed by atoms with van der Waals surface area (Å²) in [4.78, 5) is 19.6. The van der Waals surface area contributed by atoms with Crippen LogP contribution < -0.4 is 5.73 Å². The van der Waals surface area contributed by atoms with Crippen molar-refractivity contribution in [3.63, 3.8) is 0 Å². The van der Waals surface area contributed by atoms with Crippen LogP contribution in [0.4, 0.5) is 0 Å². The molecule has 0 saturated carbocycles. The van der Waals surface area contributed by atoms with Crippen molar-refractivity contribution in [2.24, 2.45) is 5.73 Å². The SMILES string of the molecule is C[C@@H](N)c1ncc(C(=O)OC(C)(C)C)cn1. The molecule has 0 bridgehead atoms. The third-order valence-electron chi connectivity index (χ3n) is 1.71. The van der Waals surface area contributed by atoms with Gasteiger partial charge in [-0.15, -0.1) is 0 Å². The van der Waals surface area contributed by atoms with Gasteiger partial charge in [0.1, 0.15) is 11.4 Å². The smallest absolute Gasteiger partial charge is 0.341 e. The maximum atomic E-state index is 11.6. The second-order valence-corrected chi connectivity index (χ2v) is 4.62. The summed E-state index contributed by atoms with van der Waals surface area (Å²) in [5.74, 6) is 0.0797. The molecule has 0 saturated heterocycles. The number of carbonyl (C=O) groups is 1.